The number of carbonyl (C=O) groups excluding carboxylic acids is 2. The number of benzene rings is 8. The molecule has 0 spiro atoms. The molecule has 0 fully saturated rings. The molecule has 0 bridgehead atoms. The second kappa shape index (κ2) is 20.1. The Morgan fingerprint density at radius 2 is 1.03 bits per heavy atom. The summed E-state index contributed by atoms with van der Waals surface area (Å²) in [4.78, 5) is 27.4. The maximum atomic E-state index is 14.0. The highest BCUT2D eigenvalue weighted by molar-refractivity contribution is 7.87. The maximum Gasteiger partial charge on any atom is 0.299 e. The zero-order chi connectivity index (χ0) is 53.5. The van der Waals surface area contributed by atoms with Crippen LogP contribution in [-0.2, 0) is 41.4 Å². The van der Waals surface area contributed by atoms with Crippen molar-refractivity contribution in [3.63, 3.8) is 0 Å². The molecule has 8 aromatic rings. The van der Waals surface area contributed by atoms with Crippen molar-refractivity contribution in [1.82, 2.24) is 0 Å². The van der Waals surface area contributed by atoms with Gasteiger partial charge in [-0.3, -0.25) is 27.6 Å². The van der Waals surface area contributed by atoms with Crippen LogP contribution in [0.5, 0.6) is 11.5 Å². The fourth-order valence-electron chi connectivity index (χ4n) is 7.99. The van der Waals surface area contributed by atoms with Crippen LogP contribution < -0.4 is 16.2 Å². The minimum absolute atomic E-state index is 0.000701. The molecule has 23 nitrogen and oxygen atoms in total. The summed E-state index contributed by atoms with van der Waals surface area (Å²) >= 11 is -2.30. The number of aromatic hydroxyl groups is 2. The van der Waals surface area contributed by atoms with E-state index < -0.39 is 70.9 Å². The van der Waals surface area contributed by atoms with Gasteiger partial charge in [0.1, 0.15) is 22.0 Å². The molecule has 0 aliphatic heterocycles. The minimum Gasteiger partial charge on any atom is -0.505 e. The normalized spacial score (nSPS) is 13.4. The third-order valence-corrected chi connectivity index (χ3v) is 13.9. The van der Waals surface area contributed by atoms with Crippen molar-refractivity contribution < 1.29 is 54.1 Å². The molecule has 1 unspecified atom stereocenters. The number of hydrogen-bond acceptors (Lipinski definition) is 20. The zero-order valence-electron chi connectivity index (χ0n) is 38.8. The predicted octanol–water partition coefficient (Wildman–Crippen LogP) is 11.6. The van der Waals surface area contributed by atoms with Crippen molar-refractivity contribution in [3.8, 4) is 11.5 Å². The van der Waals surface area contributed by atoms with E-state index in [1.807, 2.05) is 19.1 Å². The maximum absolute atomic E-state index is 14.0. The molecule has 0 aromatic heterocycles. The van der Waals surface area contributed by atoms with Gasteiger partial charge in [0.05, 0.1) is 52.0 Å². The molecule has 75 heavy (non-hydrogen) atoms. The van der Waals surface area contributed by atoms with E-state index in [2.05, 4.69) is 45.6 Å². The van der Waals surface area contributed by atoms with Crippen molar-refractivity contribution >= 4 is 127 Å². The average Bonchev–Trinajstić information content (AvgIpc) is 3.37. The fourth-order valence-corrected chi connectivity index (χ4v) is 9.75. The van der Waals surface area contributed by atoms with Crippen LogP contribution in [0.25, 0.3) is 21.5 Å². The van der Waals surface area contributed by atoms with E-state index in [4.69, 9.17) is 20.2 Å². The van der Waals surface area contributed by atoms with Gasteiger partial charge in [-0.2, -0.15) is 37.3 Å². The first-order valence-corrected chi connectivity index (χ1v) is 25.8. The van der Waals surface area contributed by atoms with Crippen molar-refractivity contribution in [3.05, 3.63) is 155 Å². The van der Waals surface area contributed by atoms with Gasteiger partial charge in [-0.25, -0.2) is 4.21 Å². The summed E-state index contributed by atoms with van der Waals surface area (Å²) in [5.41, 5.74) is 13.6. The third kappa shape index (κ3) is 10.4. The number of hydrogen-bond donors (Lipinski definition) is 7. The van der Waals surface area contributed by atoms with Crippen LogP contribution >= 0.6 is 0 Å². The number of phenolic OH excluding ortho intramolecular Hbond substituents is 2. The van der Waals surface area contributed by atoms with Crippen LogP contribution in [0.3, 0.4) is 0 Å². The van der Waals surface area contributed by atoms with Crippen LogP contribution in [0.15, 0.2) is 167 Å². The molecule has 9 N–H and O–H groups in total. The summed E-state index contributed by atoms with van der Waals surface area (Å²) in [7, 11) is -8.45. The molecular formula is C49H37N11O12S3. The summed E-state index contributed by atoms with van der Waals surface area (Å²) in [6.45, 7) is 1.91. The summed E-state index contributed by atoms with van der Waals surface area (Å²) in [6, 6.07) is 29.2. The highest BCUT2D eigenvalue weighted by atomic mass is 32.2. The Morgan fingerprint density at radius 1 is 0.573 bits per heavy atom. The molecule has 0 radical (unpaired) electrons. The highest BCUT2D eigenvalue weighted by Crippen LogP contribution is 2.48. The van der Waals surface area contributed by atoms with E-state index in [1.54, 1.807) is 12.1 Å². The van der Waals surface area contributed by atoms with Crippen molar-refractivity contribution in [2.75, 3.05) is 23.3 Å². The number of fused-ring (bicyclic) bond motifs is 4. The van der Waals surface area contributed by atoms with Gasteiger partial charge < -0.3 is 21.7 Å². The molecule has 8 aromatic carbocycles. The number of nitrogens with one attached hydrogen (secondary N) is 1. The first-order chi connectivity index (χ1) is 35.7. The number of ketones is 2. The third-order valence-electron chi connectivity index (χ3n) is 11.6. The Bertz CT molecular complexity index is 4120. The van der Waals surface area contributed by atoms with Crippen LogP contribution in [0.4, 0.5) is 62.6 Å². The SMILES string of the molecule is COS(=O)(=O)c1cc2c(N=Nc3ccc(NS(=O)O)cc3)ccc(N)c2c(O)c1N=Nc1ccc2c(c1)C(=O)c1ccc(N=Nc3c(CS(=O)(=O)O)cc4c(N=Nc5ccc(C)cc5)ccc(N)c4c3O)cc1C2=O. The Balaban J connectivity index is 1.02. The molecule has 1 aliphatic carbocycles. The first-order valence-electron chi connectivity index (χ1n) is 21.7. The second-order valence-electron chi connectivity index (χ2n) is 16.5. The monoisotopic (exact) mass is 1070 g/mol. The standard InChI is InChI=1S/C49H37N11O12S3/c1-24-3-5-26(6-4-24)52-56-39-17-15-37(50)42-35(39)19-25(23-74(67,68)69)44(48(42)63)58-54-29-11-13-31-33(20-29)46(61)32-14-12-30(21-34(32)47(31)62)55-59-45-41(75(70,71)72-2)22-36-40(18-16-38(51)43(36)49(45)64)57-53-27-7-9-28(10-8-27)60-73(65)66/h3-22,60,63-64H,23,50-51H2,1-2H3,(H,65,66)(H,67,68,69). The van der Waals surface area contributed by atoms with Gasteiger partial charge in [0.25, 0.3) is 31.5 Å². The lowest BCUT2D eigenvalue weighted by atomic mass is 9.83. The number of nitrogen functional groups attached to an aromatic ring is 2. The van der Waals surface area contributed by atoms with Gasteiger partial charge in [-0.05, 0) is 116 Å². The highest BCUT2D eigenvalue weighted by Gasteiger charge is 2.31. The molecule has 1 aliphatic rings. The summed E-state index contributed by atoms with van der Waals surface area (Å²) < 4.78 is 88.3. The summed E-state index contributed by atoms with van der Waals surface area (Å²) in [5, 5.41) is 56.8. The van der Waals surface area contributed by atoms with Gasteiger partial charge in [0.2, 0.25) is 0 Å². The molecule has 26 heteroatoms. The van der Waals surface area contributed by atoms with Gasteiger partial charge in [-0.15, -0.1) is 20.5 Å². The Kier molecular flexibility index (Phi) is 13.6. The Morgan fingerprint density at radius 3 is 1.52 bits per heavy atom. The van der Waals surface area contributed by atoms with E-state index in [0.717, 1.165) is 18.7 Å². The predicted molar refractivity (Wildman–Crippen MR) is 278 cm³/mol. The Hall–Kier alpha value is -9.05. The molecule has 378 valence electrons. The van der Waals surface area contributed by atoms with Gasteiger partial charge in [0.15, 0.2) is 23.1 Å². The largest absolute Gasteiger partial charge is 0.505 e. The zero-order valence-corrected chi connectivity index (χ0v) is 41.2. The summed E-state index contributed by atoms with van der Waals surface area (Å²) in [5.74, 6) is -3.54. The quantitative estimate of drug-likeness (QED) is 0.0175. The van der Waals surface area contributed by atoms with Gasteiger partial charge >= 0.3 is 0 Å². The van der Waals surface area contributed by atoms with Crippen LogP contribution in [0, 0.1) is 6.92 Å². The van der Waals surface area contributed by atoms with Crippen LogP contribution in [0.1, 0.15) is 43.0 Å². The number of aryl methyl sites for hydroxylation is 1. The lowest BCUT2D eigenvalue weighted by molar-refractivity contribution is 0.0979. The fraction of sp³-hybridized carbons (Fsp3) is 0.0612. The van der Waals surface area contributed by atoms with E-state index in [-0.39, 0.29) is 89.2 Å². The topological polar surface area (TPSA) is 373 Å². The second-order valence-corrected chi connectivity index (χ2v) is 20.3. The molecule has 0 saturated heterocycles. The minimum atomic E-state index is -4.72. The number of azo groups is 4. The van der Waals surface area contributed by atoms with E-state index >= 15 is 0 Å². The van der Waals surface area contributed by atoms with Crippen molar-refractivity contribution in [2.45, 2.75) is 17.6 Å². The van der Waals surface area contributed by atoms with E-state index in [0.29, 0.717) is 17.1 Å². The molecule has 0 heterocycles. The number of phenols is 2. The van der Waals surface area contributed by atoms with Gasteiger partial charge in [-0.1, -0.05) is 17.7 Å². The van der Waals surface area contributed by atoms with Crippen molar-refractivity contribution in [2.24, 2.45) is 40.9 Å². The number of anilines is 3. The van der Waals surface area contributed by atoms with E-state index in [1.165, 1.54) is 91.0 Å². The molecule has 0 amide bonds. The van der Waals surface area contributed by atoms with E-state index in [9.17, 15) is 45.4 Å². The number of rotatable bonds is 14. The van der Waals surface area contributed by atoms with Gasteiger partial charge in [0, 0.05) is 55.7 Å². The molecular weight excluding hydrogens is 1030 g/mol. The first kappa shape index (κ1) is 50.9. The molecule has 9 rings (SSSR count). The molecule has 1 atom stereocenters. The average molecular weight is 1070 g/mol. The van der Waals surface area contributed by atoms with Crippen LogP contribution in [-0.4, -0.2) is 59.0 Å². The van der Waals surface area contributed by atoms with Crippen LogP contribution in [0.2, 0.25) is 0 Å². The lowest BCUT2D eigenvalue weighted by Gasteiger charge is -2.18. The van der Waals surface area contributed by atoms with Crippen molar-refractivity contribution in [1.29, 1.82) is 0 Å². The number of nitrogens with zero attached hydrogens (tertiary/aromatic N) is 8. The number of nitrogens with two attached hydrogens (primary N) is 2. The number of carbonyl (C=O) groups is 2. The Labute approximate surface area is 427 Å². The molecule has 0 saturated carbocycles. The lowest BCUT2D eigenvalue weighted by Crippen LogP contribution is -2.20. The summed E-state index contributed by atoms with van der Waals surface area (Å²) in [6.07, 6.45) is 0. The smallest absolute Gasteiger partial charge is 0.299 e.